The van der Waals surface area contributed by atoms with Crippen molar-refractivity contribution >= 4 is 22.8 Å². The fourth-order valence-corrected chi connectivity index (χ4v) is 4.73. The van der Waals surface area contributed by atoms with E-state index in [0.717, 1.165) is 11.8 Å². The fourth-order valence-electron chi connectivity index (χ4n) is 4.73. The largest absolute Gasteiger partial charge is 0.487 e. The van der Waals surface area contributed by atoms with Crippen LogP contribution in [0.25, 0.3) is 22.0 Å². The maximum absolute atomic E-state index is 13.9. The number of benzene rings is 3. The number of H-pyrrole nitrogens is 1. The Kier molecular flexibility index (Phi) is 12.2. The maximum atomic E-state index is 13.9. The minimum atomic E-state index is -1.61. The molecule has 0 amide bonds. The summed E-state index contributed by atoms with van der Waals surface area (Å²) in [7, 11) is 0. The summed E-state index contributed by atoms with van der Waals surface area (Å²) in [5.74, 6) is -1.34. The van der Waals surface area contributed by atoms with Gasteiger partial charge in [-0.1, -0.05) is 24.3 Å². The molecule has 1 aliphatic rings. The maximum Gasteiger partial charge on any atom is 0.341 e. The van der Waals surface area contributed by atoms with E-state index >= 15 is 0 Å². The smallest absolute Gasteiger partial charge is 0.341 e. The molecule has 0 saturated heterocycles. The number of aromatic amines is 1. The van der Waals surface area contributed by atoms with Crippen molar-refractivity contribution in [3.05, 3.63) is 107 Å². The molecule has 2 atom stereocenters. The number of nitrogens with zero attached hydrogens (tertiary/aromatic N) is 2. The number of aliphatic carboxylic acids is 1. The van der Waals surface area contributed by atoms with E-state index in [1.807, 2.05) is 0 Å². The van der Waals surface area contributed by atoms with Gasteiger partial charge in [0.25, 0.3) is 0 Å². The monoisotopic (exact) mass is 706 g/mol. The molecule has 1 aliphatic heterocycles. The predicted molar refractivity (Wildman–Crippen MR) is 177 cm³/mol. The summed E-state index contributed by atoms with van der Waals surface area (Å²) >= 11 is 0. The molecule has 0 radical (unpaired) electrons. The van der Waals surface area contributed by atoms with Crippen LogP contribution in [0.3, 0.4) is 0 Å². The molecule has 51 heavy (non-hydrogen) atoms. The average Bonchev–Trinajstić information content (AvgIpc) is 3.11. The third-order valence-electron chi connectivity index (χ3n) is 7.29. The number of aromatic nitrogens is 3. The van der Waals surface area contributed by atoms with Gasteiger partial charge in [0.15, 0.2) is 11.5 Å². The molecule has 3 heterocycles. The third-order valence-corrected chi connectivity index (χ3v) is 7.29. The van der Waals surface area contributed by atoms with Crippen LogP contribution in [0.1, 0.15) is 15.9 Å². The molecule has 1 unspecified atom stereocenters. The number of ether oxygens (including phenoxy) is 5. The standard InChI is InChI=1S/C23H24FN3O7.C12H8FNO3/c24-21-12-33-20-11-18-16(10-19(20)31-7-5-30-6-8-32-21)22(27-13-26-18)34-15-3-1-14(2-4-15)9-17(25)23(28)29;13-8-3-1-7(2-4-8)9-5-14-6-10(11(9)15)12(16)17/h1-4,10-11,13,17,21H,5-9,12,25H2,(H,28,29);1-6H,(H,14,15)(H,16,17)/t17-,21?;/m0./s1. The molecular weight excluding hydrogens is 674 g/mol. The van der Waals surface area contributed by atoms with Crippen LogP contribution in [-0.2, 0) is 20.7 Å². The fraction of sp³-hybridized carbons (Fsp3) is 0.229. The van der Waals surface area contributed by atoms with Gasteiger partial charge in [0, 0.05) is 24.0 Å². The van der Waals surface area contributed by atoms with Crippen molar-refractivity contribution in [2.75, 3.05) is 33.0 Å². The lowest BCUT2D eigenvalue weighted by molar-refractivity contribution is -0.138. The number of hydrogen-bond donors (Lipinski definition) is 4. The lowest BCUT2D eigenvalue weighted by atomic mass is 10.1. The number of carboxylic acids is 2. The molecular formula is C35H32F2N4O10. The Morgan fingerprint density at radius 2 is 1.69 bits per heavy atom. The first-order valence-corrected chi connectivity index (χ1v) is 15.4. The number of fused-ring (bicyclic) bond motifs is 2. The summed E-state index contributed by atoms with van der Waals surface area (Å²) in [4.78, 5) is 44.6. The van der Waals surface area contributed by atoms with E-state index in [9.17, 15) is 23.2 Å². The van der Waals surface area contributed by atoms with Gasteiger partial charge >= 0.3 is 11.9 Å². The quantitative estimate of drug-likeness (QED) is 0.186. The Bertz CT molecular complexity index is 2030. The van der Waals surface area contributed by atoms with Crippen LogP contribution in [0.4, 0.5) is 8.78 Å². The van der Waals surface area contributed by atoms with Crippen LogP contribution in [0.2, 0.25) is 0 Å². The minimum absolute atomic E-state index is 0.121. The molecule has 0 spiro atoms. The Morgan fingerprint density at radius 1 is 0.961 bits per heavy atom. The zero-order valence-corrected chi connectivity index (χ0v) is 26.8. The molecule has 0 aliphatic carbocycles. The number of carbonyl (C=O) groups is 2. The van der Waals surface area contributed by atoms with Gasteiger partial charge in [-0.15, -0.1) is 0 Å². The molecule has 6 rings (SSSR count). The first-order valence-electron chi connectivity index (χ1n) is 15.4. The minimum Gasteiger partial charge on any atom is -0.487 e. The molecule has 5 N–H and O–H groups in total. The Labute approximate surface area is 288 Å². The van der Waals surface area contributed by atoms with E-state index < -0.39 is 35.6 Å². The predicted octanol–water partition coefficient (Wildman–Crippen LogP) is 4.36. The molecule has 0 fully saturated rings. The van der Waals surface area contributed by atoms with Crippen molar-refractivity contribution in [3.63, 3.8) is 0 Å². The van der Waals surface area contributed by atoms with Crippen molar-refractivity contribution in [3.8, 4) is 34.3 Å². The van der Waals surface area contributed by atoms with E-state index in [1.165, 1.54) is 36.8 Å². The molecule has 2 aromatic heterocycles. The summed E-state index contributed by atoms with van der Waals surface area (Å²) in [5.41, 5.74) is 6.59. The van der Waals surface area contributed by atoms with Gasteiger partial charge in [0.05, 0.1) is 30.7 Å². The van der Waals surface area contributed by atoms with Gasteiger partial charge in [-0.25, -0.2) is 23.5 Å². The number of rotatable bonds is 7. The van der Waals surface area contributed by atoms with Gasteiger partial charge in [-0.3, -0.25) is 9.59 Å². The molecule has 16 heteroatoms. The van der Waals surface area contributed by atoms with E-state index in [-0.39, 0.29) is 49.9 Å². The Hall–Kier alpha value is -5.97. The van der Waals surface area contributed by atoms with Crippen molar-refractivity contribution in [1.29, 1.82) is 0 Å². The zero-order valence-electron chi connectivity index (χ0n) is 26.8. The summed E-state index contributed by atoms with van der Waals surface area (Å²) < 4.78 is 54.3. The number of aromatic carboxylic acids is 1. The first kappa shape index (κ1) is 36.3. The number of carboxylic acid groups (broad SMARTS) is 2. The zero-order chi connectivity index (χ0) is 36.3. The number of nitrogens with two attached hydrogens (primary N) is 1. The summed E-state index contributed by atoms with van der Waals surface area (Å²) in [6.45, 7) is 0.612. The molecule has 266 valence electrons. The van der Waals surface area contributed by atoms with Crippen LogP contribution in [0, 0.1) is 5.82 Å². The van der Waals surface area contributed by atoms with Crippen LogP contribution >= 0.6 is 0 Å². The van der Waals surface area contributed by atoms with Crippen molar-refractivity contribution in [2.24, 2.45) is 5.73 Å². The van der Waals surface area contributed by atoms with E-state index in [0.29, 0.717) is 40.3 Å². The van der Waals surface area contributed by atoms with Crippen molar-refractivity contribution < 1.29 is 52.3 Å². The van der Waals surface area contributed by atoms with Crippen LogP contribution in [-0.4, -0.2) is 82.5 Å². The molecule has 0 saturated carbocycles. The van der Waals surface area contributed by atoms with Gasteiger partial charge in [0.1, 0.15) is 42.7 Å². The highest BCUT2D eigenvalue weighted by atomic mass is 19.1. The van der Waals surface area contributed by atoms with Crippen molar-refractivity contribution in [1.82, 2.24) is 15.0 Å². The van der Waals surface area contributed by atoms with E-state index in [2.05, 4.69) is 15.0 Å². The van der Waals surface area contributed by atoms with E-state index in [1.54, 1.807) is 36.4 Å². The number of pyridine rings is 1. The summed E-state index contributed by atoms with van der Waals surface area (Å²) in [6, 6.07) is 14.4. The van der Waals surface area contributed by atoms with Crippen LogP contribution < -0.4 is 25.4 Å². The summed E-state index contributed by atoms with van der Waals surface area (Å²) in [5, 5.41) is 18.3. The second kappa shape index (κ2) is 17.1. The average molecular weight is 707 g/mol. The molecule has 3 aromatic carbocycles. The van der Waals surface area contributed by atoms with Gasteiger partial charge < -0.3 is 44.6 Å². The molecule has 14 nitrogen and oxygen atoms in total. The highest BCUT2D eigenvalue weighted by Gasteiger charge is 2.18. The van der Waals surface area contributed by atoms with Crippen molar-refractivity contribution in [2.45, 2.75) is 18.8 Å². The summed E-state index contributed by atoms with van der Waals surface area (Å²) in [6.07, 6.45) is 2.45. The highest BCUT2D eigenvalue weighted by molar-refractivity contribution is 5.89. The lowest BCUT2D eigenvalue weighted by Crippen LogP contribution is -2.32. The topological polar surface area (TPSA) is 205 Å². The van der Waals surface area contributed by atoms with E-state index in [4.69, 9.17) is 39.6 Å². The number of nitrogens with one attached hydrogen (secondary N) is 1. The Balaban J connectivity index is 0.000000248. The highest BCUT2D eigenvalue weighted by Crippen LogP contribution is 2.36. The van der Waals surface area contributed by atoms with Crippen LogP contribution in [0.5, 0.6) is 23.1 Å². The first-order chi connectivity index (χ1) is 24.6. The SMILES string of the molecule is N[C@@H](Cc1ccc(Oc2ncnc3cc4c(cc23)OCCOCCOC(F)CO4)cc1)C(=O)O.O=C(O)c1c[nH]cc(-c2ccc(F)cc2)c1=O. The molecule has 5 aromatic rings. The van der Waals surface area contributed by atoms with Crippen LogP contribution in [0.15, 0.2) is 84.2 Å². The molecule has 0 bridgehead atoms. The third kappa shape index (κ3) is 9.81. The number of hydrogen-bond acceptors (Lipinski definition) is 11. The Morgan fingerprint density at radius 3 is 2.41 bits per heavy atom. The van der Waals surface area contributed by atoms with Gasteiger partial charge in [-0.2, -0.15) is 0 Å². The van der Waals surface area contributed by atoms with Gasteiger partial charge in [0.2, 0.25) is 17.7 Å². The normalized spacial score (nSPS) is 15.3. The second-order valence-corrected chi connectivity index (χ2v) is 10.9. The van der Waals surface area contributed by atoms with Gasteiger partial charge in [-0.05, 0) is 47.9 Å². The number of alkyl halides is 1. The number of halogens is 2. The lowest BCUT2D eigenvalue weighted by Gasteiger charge is -2.18. The second-order valence-electron chi connectivity index (χ2n) is 10.9.